The van der Waals surface area contributed by atoms with Crippen LogP contribution in [0.5, 0.6) is 0 Å². The highest BCUT2D eigenvalue weighted by Gasteiger charge is 2.20. The van der Waals surface area contributed by atoms with Gasteiger partial charge in [-0.3, -0.25) is 0 Å². The number of aliphatic hydroxyl groups excluding tert-OH is 1. The molecule has 8 bridgehead atoms. The van der Waals surface area contributed by atoms with Gasteiger partial charge in [-0.2, -0.15) is 0 Å². The predicted octanol–water partition coefficient (Wildman–Crippen LogP) is 3.89. The molecule has 0 saturated carbocycles. The van der Waals surface area contributed by atoms with E-state index in [2.05, 4.69) is 26.5 Å². The maximum atomic E-state index is 10.1. The van der Waals surface area contributed by atoms with Gasteiger partial charge in [-0.05, 0) is 79.3 Å². The maximum Gasteiger partial charge on any atom is 0.0762 e. The molecule has 5 heteroatoms. The Morgan fingerprint density at radius 2 is 1.28 bits per heavy atom. The first-order valence-corrected chi connectivity index (χ1v) is 9.31. The van der Waals surface area contributed by atoms with Crippen LogP contribution in [0.3, 0.4) is 0 Å². The molecule has 0 aromatic rings. The minimum absolute atomic E-state index is 0.213. The predicted molar refractivity (Wildman–Crippen MR) is 118 cm³/mol. The molecule has 5 aliphatic rings. The van der Waals surface area contributed by atoms with Crippen molar-refractivity contribution in [3.8, 4) is 0 Å². The van der Waals surface area contributed by atoms with Gasteiger partial charge in [0.2, 0.25) is 0 Å². The summed E-state index contributed by atoms with van der Waals surface area (Å²) in [5.41, 5.74) is 6.63. The summed E-state index contributed by atoms with van der Waals surface area (Å²) in [5.74, 6) is 0. The monoisotopic (exact) mass is 379 g/mol. The van der Waals surface area contributed by atoms with Crippen LogP contribution in [0, 0.1) is 0 Å². The number of hydrogen-bond donors (Lipinski definition) is 1. The Labute approximate surface area is 170 Å². The molecule has 0 aromatic carbocycles. The van der Waals surface area contributed by atoms with E-state index in [1.54, 1.807) is 13.0 Å². The topological polar surface area (TPSA) is 69.7 Å². The first kappa shape index (κ1) is 16.3. The molecule has 1 atom stereocenters. The summed E-state index contributed by atoms with van der Waals surface area (Å²) < 4.78 is 8.63. The summed E-state index contributed by atoms with van der Waals surface area (Å²) in [6.07, 6.45) is 18.1. The summed E-state index contributed by atoms with van der Waals surface area (Å²) in [6.45, 7) is 5.61. The Morgan fingerprint density at radius 1 is 0.793 bits per heavy atom. The van der Waals surface area contributed by atoms with Gasteiger partial charge in [0.1, 0.15) is 0 Å². The quantitative estimate of drug-likeness (QED) is 0.777. The van der Waals surface area contributed by atoms with Crippen molar-refractivity contribution in [2.45, 2.75) is 13.0 Å². The van der Waals surface area contributed by atoms with Crippen LogP contribution in [-0.4, -0.2) is 34.1 Å². The highest BCUT2D eigenvalue weighted by molar-refractivity contribution is 6.15. The number of hydrogen-bond acceptors (Lipinski definition) is 5. The fraction of sp³-hybridized carbons (Fsp3) is 0.0833. The molecular formula is C24H18N4O. The summed E-state index contributed by atoms with van der Waals surface area (Å²) in [6, 6.07) is 0.213. The van der Waals surface area contributed by atoms with Gasteiger partial charge in [-0.1, -0.05) is 6.58 Å². The van der Waals surface area contributed by atoms with E-state index < -0.39 is 6.10 Å². The van der Waals surface area contributed by atoms with E-state index in [9.17, 15) is 5.11 Å². The standard InChI is InChI=1S/C24H18N4O/c1-14(15(2)29)23-12-22-11-20-6-5-18(26-20)9-16-3-4-17(25-16)10-19-7-8-21(27-19)13-24(23)28-22/h3-13,15,29H,1H2,2H3/i12D. The van der Waals surface area contributed by atoms with Crippen molar-refractivity contribution in [3.63, 3.8) is 0 Å². The number of rotatable bonds is 2. The lowest BCUT2D eigenvalue weighted by Crippen LogP contribution is -2.06. The summed E-state index contributed by atoms with van der Waals surface area (Å²) in [5, 5.41) is 10.1. The number of fused-ring (bicyclic) bond motifs is 4. The van der Waals surface area contributed by atoms with Gasteiger partial charge in [-0.25, -0.2) is 20.0 Å². The lowest BCUT2D eigenvalue weighted by molar-refractivity contribution is 0.234. The molecule has 0 amide bonds. The molecule has 0 aromatic heterocycles. The van der Waals surface area contributed by atoms with Gasteiger partial charge in [-0.15, -0.1) is 0 Å². The lowest BCUT2D eigenvalue weighted by atomic mass is 10.00. The second-order valence-electron chi connectivity index (χ2n) is 7.05. The van der Waals surface area contributed by atoms with Gasteiger partial charge in [0.05, 0.1) is 53.1 Å². The Hall–Kier alpha value is -3.70. The van der Waals surface area contributed by atoms with Gasteiger partial charge >= 0.3 is 0 Å². The van der Waals surface area contributed by atoms with E-state index >= 15 is 0 Å². The van der Waals surface area contributed by atoms with Crippen molar-refractivity contribution in [2.24, 2.45) is 20.0 Å². The Bertz CT molecular complexity index is 1270. The molecule has 5 aliphatic heterocycles. The third-order valence-corrected chi connectivity index (χ3v) is 4.79. The zero-order valence-corrected chi connectivity index (χ0v) is 15.8. The molecule has 5 heterocycles. The Balaban J connectivity index is 1.69. The fourth-order valence-corrected chi connectivity index (χ4v) is 3.28. The van der Waals surface area contributed by atoms with Crippen LogP contribution in [0.4, 0.5) is 0 Å². The molecule has 1 unspecified atom stereocenters. The largest absolute Gasteiger partial charge is 0.389 e. The second-order valence-corrected chi connectivity index (χ2v) is 7.05. The molecule has 0 saturated heterocycles. The Kier molecular flexibility index (Phi) is 3.77. The lowest BCUT2D eigenvalue weighted by Gasteiger charge is -2.10. The van der Waals surface area contributed by atoms with Crippen molar-refractivity contribution in [1.82, 2.24) is 0 Å². The minimum Gasteiger partial charge on any atom is -0.389 e. The third-order valence-electron chi connectivity index (χ3n) is 4.79. The number of aliphatic hydroxyl groups is 1. The SMILES string of the molecule is [2H]C1=C(C(=C)C(C)O)C2=CC3=NC(=CC4=NC(=CC5=NC(=CC1=N2)C=C5)C=C4)C=C3. The van der Waals surface area contributed by atoms with E-state index in [1.807, 2.05) is 54.7 Å². The van der Waals surface area contributed by atoms with Crippen LogP contribution < -0.4 is 0 Å². The van der Waals surface area contributed by atoms with E-state index in [4.69, 9.17) is 1.37 Å². The molecule has 5 rings (SSSR count). The van der Waals surface area contributed by atoms with Gasteiger partial charge < -0.3 is 5.11 Å². The summed E-state index contributed by atoms with van der Waals surface area (Å²) >= 11 is 0. The number of nitrogens with zero attached hydrogens (tertiary/aromatic N) is 4. The first-order chi connectivity index (χ1) is 14.5. The highest BCUT2D eigenvalue weighted by atomic mass is 16.3. The van der Waals surface area contributed by atoms with Crippen molar-refractivity contribution in [1.29, 1.82) is 0 Å². The molecule has 0 fully saturated rings. The molecule has 0 aliphatic carbocycles. The molecular weight excluding hydrogens is 360 g/mol. The zero-order chi connectivity index (χ0) is 20.8. The normalized spacial score (nSPS) is 23.0. The van der Waals surface area contributed by atoms with E-state index in [-0.39, 0.29) is 6.05 Å². The summed E-state index contributed by atoms with van der Waals surface area (Å²) in [7, 11) is 0. The van der Waals surface area contributed by atoms with Gasteiger partial charge in [0.25, 0.3) is 0 Å². The van der Waals surface area contributed by atoms with E-state index in [0.29, 0.717) is 34.0 Å². The van der Waals surface area contributed by atoms with E-state index in [0.717, 1.165) is 22.8 Å². The molecule has 0 radical (unpaired) electrons. The molecule has 5 nitrogen and oxygen atoms in total. The molecule has 1 N–H and O–H groups in total. The molecule has 29 heavy (non-hydrogen) atoms. The van der Waals surface area contributed by atoms with Crippen LogP contribution in [0.25, 0.3) is 0 Å². The zero-order valence-electron chi connectivity index (χ0n) is 16.8. The van der Waals surface area contributed by atoms with Crippen LogP contribution in [0.1, 0.15) is 8.29 Å². The van der Waals surface area contributed by atoms with Gasteiger partial charge in [0.15, 0.2) is 0 Å². The first-order valence-electron chi connectivity index (χ1n) is 9.81. The number of aliphatic imine (C=N–C) groups is 4. The van der Waals surface area contributed by atoms with Crippen molar-refractivity contribution < 1.29 is 6.48 Å². The molecule has 0 spiro atoms. The van der Waals surface area contributed by atoms with Crippen LogP contribution >= 0.6 is 0 Å². The van der Waals surface area contributed by atoms with Crippen molar-refractivity contribution >= 4 is 22.8 Å². The van der Waals surface area contributed by atoms with Crippen molar-refractivity contribution in [2.75, 3.05) is 0 Å². The third kappa shape index (κ3) is 3.44. The van der Waals surface area contributed by atoms with Crippen LogP contribution in [0.15, 0.2) is 127 Å². The highest BCUT2D eigenvalue weighted by Crippen LogP contribution is 2.29. The van der Waals surface area contributed by atoms with Crippen LogP contribution in [0.2, 0.25) is 0 Å². The molecule has 140 valence electrons. The maximum absolute atomic E-state index is 10.1. The average Bonchev–Trinajstić information content (AvgIpc) is 3.47. The second kappa shape index (κ2) is 6.72. The fourth-order valence-electron chi connectivity index (χ4n) is 3.28. The van der Waals surface area contributed by atoms with E-state index in [1.165, 1.54) is 0 Å². The van der Waals surface area contributed by atoms with Gasteiger partial charge in [0, 0.05) is 5.57 Å². The smallest absolute Gasteiger partial charge is 0.0762 e. The van der Waals surface area contributed by atoms with Crippen LogP contribution in [-0.2, 0) is 0 Å². The Morgan fingerprint density at radius 3 is 1.79 bits per heavy atom. The average molecular weight is 379 g/mol. The number of allylic oxidation sites excluding steroid dienone is 12. The minimum atomic E-state index is -0.792. The summed E-state index contributed by atoms with van der Waals surface area (Å²) in [4.78, 5) is 18.4. The van der Waals surface area contributed by atoms with Crippen molar-refractivity contribution in [3.05, 3.63) is 107 Å².